The number of halogens is 1. The van der Waals surface area contributed by atoms with Gasteiger partial charge in [0.2, 0.25) is 5.91 Å². The number of para-hydroxylation sites is 1. The highest BCUT2D eigenvalue weighted by Gasteiger charge is 2.03. The van der Waals surface area contributed by atoms with Gasteiger partial charge in [-0.2, -0.15) is 0 Å². The molecule has 0 saturated heterocycles. The van der Waals surface area contributed by atoms with Crippen LogP contribution in [0.5, 0.6) is 0 Å². The number of ether oxygens (including phenoxy) is 1. The average molecular weight is 305 g/mol. The maximum absolute atomic E-state index is 11.3. The molecule has 0 aromatic heterocycles. The van der Waals surface area contributed by atoms with E-state index in [4.69, 9.17) is 4.74 Å². The van der Waals surface area contributed by atoms with Gasteiger partial charge in [-0.3, -0.25) is 4.79 Å². The van der Waals surface area contributed by atoms with Gasteiger partial charge >= 0.3 is 0 Å². The van der Waals surface area contributed by atoms with Crippen LogP contribution in [0.25, 0.3) is 0 Å². The van der Waals surface area contributed by atoms with E-state index in [-0.39, 0.29) is 12.5 Å². The van der Waals surface area contributed by atoms with E-state index < -0.39 is 0 Å². The molecule has 1 amide bonds. The number of amides is 1. The lowest BCUT2D eigenvalue weighted by Gasteiger charge is -2.06. The molecule has 0 aliphatic heterocycles. The normalized spacial score (nSPS) is 9.86. The predicted molar refractivity (Wildman–Crippen MR) is 64.3 cm³/mol. The van der Waals surface area contributed by atoms with Crippen LogP contribution in [0.15, 0.2) is 24.3 Å². The van der Waals surface area contributed by atoms with E-state index in [0.717, 1.165) is 9.26 Å². The summed E-state index contributed by atoms with van der Waals surface area (Å²) in [4.78, 5) is 11.3. The Hall–Kier alpha value is -0.620. The molecule has 0 saturated carbocycles. The molecule has 0 aliphatic rings. The molecule has 76 valence electrons. The molecule has 0 unspecified atom stereocenters. The smallest absolute Gasteiger partial charge is 0.250 e. The van der Waals surface area contributed by atoms with Crippen molar-refractivity contribution in [2.24, 2.45) is 0 Å². The first-order valence-electron chi connectivity index (χ1n) is 4.36. The number of nitrogens with one attached hydrogen (secondary N) is 1. The van der Waals surface area contributed by atoms with Gasteiger partial charge in [-0.05, 0) is 41.6 Å². The van der Waals surface area contributed by atoms with Gasteiger partial charge in [-0.1, -0.05) is 12.1 Å². The first-order valence-corrected chi connectivity index (χ1v) is 5.44. The lowest BCUT2D eigenvalue weighted by Crippen LogP contribution is -2.18. The van der Waals surface area contributed by atoms with Crippen molar-refractivity contribution in [3.05, 3.63) is 27.8 Å². The van der Waals surface area contributed by atoms with Crippen LogP contribution in [0.2, 0.25) is 0 Å². The minimum absolute atomic E-state index is 0.113. The van der Waals surface area contributed by atoms with Gasteiger partial charge in [-0.25, -0.2) is 0 Å². The van der Waals surface area contributed by atoms with Gasteiger partial charge in [0.15, 0.2) is 0 Å². The van der Waals surface area contributed by atoms with Gasteiger partial charge in [0.1, 0.15) is 6.61 Å². The fourth-order valence-corrected chi connectivity index (χ4v) is 1.47. The monoisotopic (exact) mass is 305 g/mol. The molecular formula is C10H12INO2. The van der Waals surface area contributed by atoms with E-state index >= 15 is 0 Å². The van der Waals surface area contributed by atoms with Gasteiger partial charge in [0, 0.05) is 10.2 Å². The molecule has 3 nitrogen and oxygen atoms in total. The SMILES string of the molecule is CCOCC(=O)Nc1ccccc1I. The van der Waals surface area contributed by atoms with Crippen molar-refractivity contribution in [2.45, 2.75) is 6.92 Å². The summed E-state index contributed by atoms with van der Waals surface area (Å²) in [6.45, 7) is 2.53. The molecule has 1 N–H and O–H groups in total. The van der Waals surface area contributed by atoms with Crippen molar-refractivity contribution in [3.63, 3.8) is 0 Å². The zero-order chi connectivity index (χ0) is 10.4. The molecule has 0 spiro atoms. The van der Waals surface area contributed by atoms with Crippen LogP contribution < -0.4 is 5.32 Å². The van der Waals surface area contributed by atoms with E-state index in [1.54, 1.807) is 0 Å². The molecule has 4 heteroatoms. The fraction of sp³-hybridized carbons (Fsp3) is 0.300. The van der Waals surface area contributed by atoms with Crippen LogP contribution in [0.4, 0.5) is 5.69 Å². The molecule has 1 aromatic carbocycles. The third-order valence-corrected chi connectivity index (χ3v) is 2.53. The van der Waals surface area contributed by atoms with Crippen LogP contribution >= 0.6 is 22.6 Å². The molecule has 1 aromatic rings. The van der Waals surface area contributed by atoms with E-state index in [2.05, 4.69) is 27.9 Å². The molecule has 0 bridgehead atoms. The summed E-state index contributed by atoms with van der Waals surface area (Å²) in [7, 11) is 0. The maximum atomic E-state index is 11.3. The highest BCUT2D eigenvalue weighted by molar-refractivity contribution is 14.1. The molecule has 0 radical (unpaired) electrons. The minimum atomic E-state index is -0.115. The Labute approximate surface area is 97.0 Å². The third-order valence-electron chi connectivity index (χ3n) is 1.59. The van der Waals surface area contributed by atoms with E-state index in [1.165, 1.54) is 0 Å². The van der Waals surface area contributed by atoms with Gasteiger partial charge in [0.25, 0.3) is 0 Å². The number of rotatable bonds is 4. The summed E-state index contributed by atoms with van der Waals surface area (Å²) in [6, 6.07) is 7.63. The second-order valence-corrected chi connectivity index (χ2v) is 3.83. The Balaban J connectivity index is 2.52. The quantitative estimate of drug-likeness (QED) is 0.867. The van der Waals surface area contributed by atoms with E-state index in [0.29, 0.717) is 6.61 Å². The van der Waals surface area contributed by atoms with Crippen LogP contribution in [-0.4, -0.2) is 19.1 Å². The molecule has 0 heterocycles. The van der Waals surface area contributed by atoms with Gasteiger partial charge in [-0.15, -0.1) is 0 Å². The van der Waals surface area contributed by atoms with Gasteiger partial charge < -0.3 is 10.1 Å². The van der Waals surface area contributed by atoms with Crippen molar-refractivity contribution in [3.8, 4) is 0 Å². The number of hydrogen-bond donors (Lipinski definition) is 1. The summed E-state index contributed by atoms with van der Waals surface area (Å²) in [5.41, 5.74) is 0.831. The van der Waals surface area contributed by atoms with E-state index in [1.807, 2.05) is 31.2 Å². The summed E-state index contributed by atoms with van der Waals surface area (Å²) >= 11 is 2.18. The highest BCUT2D eigenvalue weighted by Crippen LogP contribution is 2.16. The Morgan fingerprint density at radius 3 is 2.86 bits per heavy atom. The Bertz CT molecular complexity index is 315. The third kappa shape index (κ3) is 3.63. The van der Waals surface area contributed by atoms with E-state index in [9.17, 15) is 4.79 Å². The number of benzene rings is 1. The summed E-state index contributed by atoms with van der Waals surface area (Å²) in [5.74, 6) is -0.115. The summed E-state index contributed by atoms with van der Waals surface area (Å²) in [6.07, 6.45) is 0. The molecule has 0 aliphatic carbocycles. The average Bonchev–Trinajstić information content (AvgIpc) is 2.18. The molecule has 0 atom stereocenters. The number of anilines is 1. The first-order chi connectivity index (χ1) is 6.74. The zero-order valence-electron chi connectivity index (χ0n) is 7.92. The summed E-state index contributed by atoms with van der Waals surface area (Å²) in [5, 5.41) is 2.77. The Kier molecular flexibility index (Phi) is 4.89. The first kappa shape index (κ1) is 11.5. The number of hydrogen-bond acceptors (Lipinski definition) is 2. The van der Waals surface area contributed by atoms with Crippen molar-refractivity contribution in [2.75, 3.05) is 18.5 Å². The van der Waals surface area contributed by atoms with Crippen molar-refractivity contribution in [1.29, 1.82) is 0 Å². The molecule has 0 fully saturated rings. The number of carbonyl (C=O) groups is 1. The van der Waals surface area contributed by atoms with Crippen LogP contribution in [0, 0.1) is 3.57 Å². The standard InChI is InChI=1S/C10H12INO2/c1-2-14-7-10(13)12-9-6-4-3-5-8(9)11/h3-6H,2,7H2,1H3,(H,12,13). The van der Waals surface area contributed by atoms with Crippen molar-refractivity contribution >= 4 is 34.2 Å². The predicted octanol–water partition coefficient (Wildman–Crippen LogP) is 2.27. The van der Waals surface area contributed by atoms with Gasteiger partial charge in [0.05, 0.1) is 5.69 Å². The Morgan fingerprint density at radius 2 is 2.21 bits per heavy atom. The molecule has 14 heavy (non-hydrogen) atoms. The second-order valence-electron chi connectivity index (χ2n) is 2.67. The Morgan fingerprint density at radius 1 is 1.50 bits per heavy atom. The molecule has 1 rings (SSSR count). The lowest BCUT2D eigenvalue weighted by molar-refractivity contribution is -0.120. The number of carbonyl (C=O) groups excluding carboxylic acids is 1. The van der Waals surface area contributed by atoms with Crippen LogP contribution in [-0.2, 0) is 9.53 Å². The zero-order valence-corrected chi connectivity index (χ0v) is 10.1. The van der Waals surface area contributed by atoms with Crippen LogP contribution in [0.3, 0.4) is 0 Å². The lowest BCUT2D eigenvalue weighted by atomic mass is 10.3. The molecular weight excluding hydrogens is 293 g/mol. The summed E-state index contributed by atoms with van der Waals surface area (Å²) < 4.78 is 6.02. The van der Waals surface area contributed by atoms with Crippen molar-refractivity contribution < 1.29 is 9.53 Å². The topological polar surface area (TPSA) is 38.3 Å². The second kappa shape index (κ2) is 5.98. The van der Waals surface area contributed by atoms with Crippen molar-refractivity contribution in [1.82, 2.24) is 0 Å². The fourth-order valence-electron chi connectivity index (χ4n) is 0.944. The maximum Gasteiger partial charge on any atom is 0.250 e. The van der Waals surface area contributed by atoms with Crippen LogP contribution in [0.1, 0.15) is 6.92 Å². The largest absolute Gasteiger partial charge is 0.372 e. The minimum Gasteiger partial charge on any atom is -0.372 e. The highest BCUT2D eigenvalue weighted by atomic mass is 127.